The zero-order chi connectivity index (χ0) is 13.5. The topological polar surface area (TPSA) is 38.9 Å². The van der Waals surface area contributed by atoms with E-state index in [1.54, 1.807) is 6.92 Å². The van der Waals surface area contributed by atoms with Crippen molar-refractivity contribution in [2.45, 2.75) is 41.5 Å². The van der Waals surface area contributed by atoms with E-state index in [0.29, 0.717) is 5.89 Å². The first-order chi connectivity index (χ1) is 8.29. The lowest BCUT2D eigenvalue weighted by Crippen LogP contribution is -1.62. The molecule has 0 fully saturated rings. The van der Waals surface area contributed by atoms with Crippen molar-refractivity contribution in [3.63, 3.8) is 0 Å². The Morgan fingerprint density at radius 2 is 1.41 bits per heavy atom. The molecule has 0 unspecified atom stereocenters. The van der Waals surface area contributed by atoms with E-state index in [1.807, 2.05) is 45.9 Å². The molecular weight excluding hydrogens is 212 g/mol. The van der Waals surface area contributed by atoms with Crippen LogP contribution in [0.3, 0.4) is 0 Å². The molecule has 0 amide bonds. The van der Waals surface area contributed by atoms with Crippen LogP contribution >= 0.6 is 0 Å². The van der Waals surface area contributed by atoms with Crippen LogP contribution in [-0.2, 0) is 0 Å². The highest BCUT2D eigenvalue weighted by atomic mass is 16.5. The molecule has 0 aliphatic rings. The number of hydrogen-bond donors (Lipinski definition) is 0. The molecule has 1 aromatic carbocycles. The smallest absolute Gasteiger partial charge is 0.223 e. The molecule has 0 spiro atoms. The number of hydrogen-bond acceptors (Lipinski definition) is 3. The fraction of sp³-hybridized carbons (Fsp3) is 0.429. The Morgan fingerprint density at radius 1 is 0.882 bits per heavy atom. The van der Waals surface area contributed by atoms with Crippen LogP contribution < -0.4 is 0 Å². The number of rotatable bonds is 0. The lowest BCUT2D eigenvalue weighted by Gasteiger charge is -1.82. The van der Waals surface area contributed by atoms with Crippen molar-refractivity contribution in [3.05, 3.63) is 48.1 Å². The normalized spacial score (nSPS) is 7.41. The van der Waals surface area contributed by atoms with E-state index in [-0.39, 0.29) is 0 Å². The maximum Gasteiger partial charge on any atom is 0.223 e. The van der Waals surface area contributed by atoms with Crippen molar-refractivity contribution in [1.29, 1.82) is 0 Å². The van der Waals surface area contributed by atoms with E-state index in [0.717, 1.165) is 0 Å². The Morgan fingerprint density at radius 3 is 1.59 bits per heavy atom. The molecule has 0 aliphatic heterocycles. The molecule has 0 atom stereocenters. The Hall–Kier alpha value is -1.64. The van der Waals surface area contributed by atoms with Crippen LogP contribution in [0.15, 0.2) is 41.2 Å². The highest BCUT2D eigenvalue weighted by Crippen LogP contribution is 1.92. The zero-order valence-electron chi connectivity index (χ0n) is 11.8. The predicted octanol–water partition coefficient (Wildman–Crippen LogP) is 4.43. The van der Waals surface area contributed by atoms with Gasteiger partial charge in [0.2, 0.25) is 5.89 Å². The van der Waals surface area contributed by atoms with Crippen molar-refractivity contribution in [2.75, 3.05) is 0 Å². The summed E-state index contributed by atoms with van der Waals surface area (Å²) in [6.07, 6.45) is 1.37. The summed E-state index contributed by atoms with van der Waals surface area (Å²) < 4.78 is 4.47. The van der Waals surface area contributed by atoms with Gasteiger partial charge in [0, 0.05) is 6.92 Å². The third kappa shape index (κ3) is 12.3. The molecule has 3 nitrogen and oxygen atoms in total. The Bertz CT molecular complexity index is 317. The van der Waals surface area contributed by atoms with Crippen LogP contribution in [-0.4, -0.2) is 10.1 Å². The minimum absolute atomic E-state index is 0.606. The van der Waals surface area contributed by atoms with E-state index in [1.165, 1.54) is 11.9 Å². The standard InChI is InChI=1S/C7H8.C3H4N2O.2C2H6/c1-7-5-3-2-4-6-7;1-3-4-2-5-6-3;2*1-2/h2-6H,1H3;2H,1H3;2*1-2H3. The first-order valence-corrected chi connectivity index (χ1v) is 6.04. The molecule has 1 aromatic heterocycles. The average Bonchev–Trinajstić information content (AvgIpc) is 2.87. The van der Waals surface area contributed by atoms with Crippen molar-refractivity contribution in [2.24, 2.45) is 0 Å². The molecule has 3 heteroatoms. The van der Waals surface area contributed by atoms with Gasteiger partial charge < -0.3 is 4.52 Å². The molecule has 0 N–H and O–H groups in total. The Labute approximate surface area is 105 Å². The summed E-state index contributed by atoms with van der Waals surface area (Å²) in [5.41, 5.74) is 1.32. The van der Waals surface area contributed by atoms with Crippen molar-refractivity contribution in [1.82, 2.24) is 10.1 Å². The van der Waals surface area contributed by atoms with Crippen LogP contribution in [0.25, 0.3) is 0 Å². The van der Waals surface area contributed by atoms with Crippen molar-refractivity contribution < 1.29 is 4.52 Å². The molecule has 96 valence electrons. The summed E-state index contributed by atoms with van der Waals surface area (Å²) in [5, 5.41) is 3.34. The molecule has 1 heterocycles. The molecular formula is C14H24N2O. The highest BCUT2D eigenvalue weighted by molar-refractivity contribution is 5.11. The van der Waals surface area contributed by atoms with E-state index in [9.17, 15) is 0 Å². The van der Waals surface area contributed by atoms with Gasteiger partial charge in [-0.3, -0.25) is 0 Å². The quantitative estimate of drug-likeness (QED) is 0.679. The number of aryl methyl sites for hydroxylation is 2. The van der Waals surface area contributed by atoms with Crippen LogP contribution in [0.5, 0.6) is 0 Å². The predicted molar refractivity (Wildman–Crippen MR) is 72.9 cm³/mol. The fourth-order valence-corrected chi connectivity index (χ4v) is 0.763. The number of benzene rings is 1. The van der Waals surface area contributed by atoms with Crippen LogP contribution in [0.4, 0.5) is 0 Å². The lowest BCUT2D eigenvalue weighted by atomic mass is 10.2. The number of nitrogens with zero attached hydrogens (tertiary/aromatic N) is 2. The van der Waals surface area contributed by atoms with Gasteiger partial charge in [-0.15, -0.1) is 0 Å². The fourth-order valence-electron chi connectivity index (χ4n) is 0.763. The first-order valence-electron chi connectivity index (χ1n) is 6.04. The van der Waals surface area contributed by atoms with Crippen LogP contribution in [0.2, 0.25) is 0 Å². The van der Waals surface area contributed by atoms with Gasteiger partial charge in [0.15, 0.2) is 6.33 Å². The van der Waals surface area contributed by atoms with E-state index >= 15 is 0 Å². The van der Waals surface area contributed by atoms with Gasteiger partial charge in [-0.05, 0) is 6.92 Å². The maximum atomic E-state index is 4.47. The van der Waals surface area contributed by atoms with Gasteiger partial charge in [-0.1, -0.05) is 68.7 Å². The molecule has 0 aliphatic carbocycles. The highest BCUT2D eigenvalue weighted by Gasteiger charge is 1.79. The Balaban J connectivity index is 0. The van der Waals surface area contributed by atoms with E-state index < -0.39 is 0 Å². The summed E-state index contributed by atoms with van der Waals surface area (Å²) in [4.78, 5) is 3.64. The maximum absolute atomic E-state index is 4.47. The van der Waals surface area contributed by atoms with Gasteiger partial charge in [-0.2, -0.15) is 4.98 Å². The van der Waals surface area contributed by atoms with Crippen molar-refractivity contribution in [3.8, 4) is 0 Å². The molecule has 0 radical (unpaired) electrons. The SMILES string of the molecule is CC.CC.Cc1ccccc1.Cc1ncno1. The largest absolute Gasteiger partial charge is 0.340 e. The summed E-state index contributed by atoms with van der Waals surface area (Å²) in [6.45, 7) is 11.8. The van der Waals surface area contributed by atoms with Crippen molar-refractivity contribution >= 4 is 0 Å². The Kier molecular flexibility index (Phi) is 15.0. The van der Waals surface area contributed by atoms with E-state index in [4.69, 9.17) is 0 Å². The van der Waals surface area contributed by atoms with Crippen LogP contribution in [0, 0.1) is 13.8 Å². The average molecular weight is 236 g/mol. The second-order valence-corrected chi connectivity index (χ2v) is 2.61. The van der Waals surface area contributed by atoms with E-state index in [2.05, 4.69) is 33.7 Å². The molecule has 2 rings (SSSR count). The summed E-state index contributed by atoms with van der Waals surface area (Å²) in [5.74, 6) is 0.606. The van der Waals surface area contributed by atoms with Gasteiger partial charge in [0.05, 0.1) is 0 Å². The van der Waals surface area contributed by atoms with Gasteiger partial charge in [0.25, 0.3) is 0 Å². The lowest BCUT2D eigenvalue weighted by molar-refractivity contribution is 0.392. The summed E-state index contributed by atoms with van der Waals surface area (Å²) in [7, 11) is 0. The minimum atomic E-state index is 0.606. The third-order valence-corrected chi connectivity index (χ3v) is 1.41. The second-order valence-electron chi connectivity index (χ2n) is 2.61. The van der Waals surface area contributed by atoms with Gasteiger partial charge >= 0.3 is 0 Å². The summed E-state index contributed by atoms with van der Waals surface area (Å²) >= 11 is 0. The monoisotopic (exact) mass is 236 g/mol. The zero-order valence-corrected chi connectivity index (χ0v) is 11.8. The molecule has 17 heavy (non-hydrogen) atoms. The number of aromatic nitrogens is 2. The van der Waals surface area contributed by atoms with Crippen LogP contribution in [0.1, 0.15) is 39.1 Å². The molecule has 0 bridgehead atoms. The van der Waals surface area contributed by atoms with Gasteiger partial charge in [-0.25, -0.2) is 0 Å². The molecule has 0 saturated carbocycles. The first kappa shape index (κ1) is 17.7. The minimum Gasteiger partial charge on any atom is -0.340 e. The molecule has 0 saturated heterocycles. The second kappa shape index (κ2) is 14.4. The third-order valence-electron chi connectivity index (χ3n) is 1.41. The molecule has 2 aromatic rings. The summed E-state index contributed by atoms with van der Waals surface area (Å²) in [6, 6.07) is 10.3. The van der Waals surface area contributed by atoms with Gasteiger partial charge in [0.1, 0.15) is 0 Å².